The maximum atomic E-state index is 12.1. The summed E-state index contributed by atoms with van der Waals surface area (Å²) < 4.78 is 5.43. The molecule has 0 radical (unpaired) electrons. The molecule has 1 saturated carbocycles. The number of Topliss-reactive ketones (excluding diaryl/α,β-unsaturated/α-hetero) is 1. The van der Waals surface area contributed by atoms with Crippen molar-refractivity contribution in [3.63, 3.8) is 0 Å². The van der Waals surface area contributed by atoms with Crippen molar-refractivity contribution in [1.82, 2.24) is 0 Å². The number of aryl methyl sites for hydroxylation is 1. The molecule has 2 nitrogen and oxygen atoms in total. The Balaban J connectivity index is 1.80. The van der Waals surface area contributed by atoms with Crippen LogP contribution in [0.2, 0.25) is 0 Å². The molecule has 2 unspecified atom stereocenters. The number of hydrogen-bond acceptors (Lipinski definition) is 2. The molecule has 0 N–H and O–H groups in total. The van der Waals surface area contributed by atoms with Crippen molar-refractivity contribution in [1.29, 1.82) is 0 Å². The number of benzene rings is 2. The number of ether oxygens (including phenoxy) is 1. The maximum absolute atomic E-state index is 12.1. The largest absolute Gasteiger partial charge is 0.497 e. The second kappa shape index (κ2) is 6.08. The molecule has 2 aliphatic carbocycles. The van der Waals surface area contributed by atoms with E-state index in [0.717, 1.165) is 44.3 Å². The van der Waals surface area contributed by atoms with Crippen LogP contribution in [-0.2, 0) is 23.1 Å². The number of hydrogen-bond donors (Lipinski definition) is 0. The first-order chi connectivity index (χ1) is 11.7. The van der Waals surface area contributed by atoms with Gasteiger partial charge < -0.3 is 4.74 Å². The molecule has 124 valence electrons. The fourth-order valence-electron chi connectivity index (χ4n) is 4.88. The Kier molecular flexibility index (Phi) is 3.91. The Bertz CT molecular complexity index is 750. The number of ketones is 1. The van der Waals surface area contributed by atoms with Gasteiger partial charge >= 0.3 is 0 Å². The van der Waals surface area contributed by atoms with Crippen molar-refractivity contribution in [2.24, 2.45) is 5.92 Å². The van der Waals surface area contributed by atoms with Gasteiger partial charge in [-0.3, -0.25) is 4.79 Å². The summed E-state index contributed by atoms with van der Waals surface area (Å²) in [4.78, 5) is 12.1. The van der Waals surface area contributed by atoms with Crippen LogP contribution in [0, 0.1) is 5.92 Å². The number of rotatable bonds is 3. The Hall–Kier alpha value is -2.09. The Morgan fingerprint density at radius 1 is 1.12 bits per heavy atom. The zero-order valence-electron chi connectivity index (χ0n) is 14.3. The Morgan fingerprint density at radius 3 is 2.75 bits per heavy atom. The molecule has 24 heavy (non-hydrogen) atoms. The molecule has 2 aromatic carbocycles. The predicted molar refractivity (Wildman–Crippen MR) is 95.5 cm³/mol. The molecule has 0 aliphatic heterocycles. The van der Waals surface area contributed by atoms with Crippen LogP contribution >= 0.6 is 0 Å². The summed E-state index contributed by atoms with van der Waals surface area (Å²) >= 11 is 0. The normalized spacial score (nSPS) is 25.7. The summed E-state index contributed by atoms with van der Waals surface area (Å²) in [7, 11) is 1.73. The lowest BCUT2D eigenvalue weighted by Gasteiger charge is -2.48. The van der Waals surface area contributed by atoms with E-state index in [1.54, 1.807) is 7.11 Å². The number of carbonyl (C=O) groups excluding carboxylic acids is 1. The summed E-state index contributed by atoms with van der Waals surface area (Å²) in [5.41, 5.74) is 4.35. The Morgan fingerprint density at radius 2 is 1.96 bits per heavy atom. The van der Waals surface area contributed by atoms with E-state index in [-0.39, 0.29) is 5.41 Å². The minimum Gasteiger partial charge on any atom is -0.497 e. The third-order valence-electron chi connectivity index (χ3n) is 6.08. The van der Waals surface area contributed by atoms with Crippen molar-refractivity contribution in [3.8, 4) is 5.75 Å². The molecule has 2 aromatic rings. The van der Waals surface area contributed by atoms with Crippen LogP contribution in [0.4, 0.5) is 0 Å². The molecule has 0 amide bonds. The zero-order valence-corrected chi connectivity index (χ0v) is 14.3. The van der Waals surface area contributed by atoms with Crippen LogP contribution in [0.15, 0.2) is 48.5 Å². The molecular formula is C22H24O2. The highest BCUT2D eigenvalue weighted by Gasteiger charge is 2.47. The van der Waals surface area contributed by atoms with Gasteiger partial charge in [0, 0.05) is 18.3 Å². The van der Waals surface area contributed by atoms with Crippen LogP contribution < -0.4 is 4.74 Å². The first-order valence-corrected chi connectivity index (χ1v) is 8.94. The molecule has 0 bridgehead atoms. The molecule has 0 saturated heterocycles. The van der Waals surface area contributed by atoms with E-state index in [9.17, 15) is 4.79 Å². The average Bonchev–Trinajstić information content (AvgIpc) is 2.62. The maximum Gasteiger partial charge on any atom is 0.133 e. The summed E-state index contributed by atoms with van der Waals surface area (Å²) in [5.74, 6) is 1.86. The highest BCUT2D eigenvalue weighted by atomic mass is 16.5. The number of methoxy groups -OCH3 is 1. The average molecular weight is 320 g/mol. The van der Waals surface area contributed by atoms with Gasteiger partial charge in [-0.15, -0.1) is 0 Å². The van der Waals surface area contributed by atoms with Gasteiger partial charge in [-0.25, -0.2) is 0 Å². The van der Waals surface area contributed by atoms with Crippen LogP contribution in [0.1, 0.15) is 42.4 Å². The molecule has 2 atom stereocenters. The summed E-state index contributed by atoms with van der Waals surface area (Å²) in [6.07, 6.45) is 5.64. The summed E-state index contributed by atoms with van der Waals surface area (Å²) in [6, 6.07) is 17.3. The zero-order chi connectivity index (χ0) is 16.6. The SMILES string of the molecule is COc1ccc2c(c1)CCC1CC(=O)CCC21Cc1ccccc1. The highest BCUT2D eigenvalue weighted by Crippen LogP contribution is 2.51. The second-order valence-corrected chi connectivity index (χ2v) is 7.32. The molecule has 4 rings (SSSR count). The number of fused-ring (bicyclic) bond motifs is 3. The van der Waals surface area contributed by atoms with Gasteiger partial charge in [0.15, 0.2) is 0 Å². The minimum atomic E-state index is 0.106. The second-order valence-electron chi connectivity index (χ2n) is 7.32. The van der Waals surface area contributed by atoms with E-state index < -0.39 is 0 Å². The lowest BCUT2D eigenvalue weighted by molar-refractivity contribution is -0.123. The fraction of sp³-hybridized carbons (Fsp3) is 0.409. The van der Waals surface area contributed by atoms with Gasteiger partial charge in [0.05, 0.1) is 7.11 Å². The monoisotopic (exact) mass is 320 g/mol. The third kappa shape index (κ3) is 2.54. The lowest BCUT2D eigenvalue weighted by Crippen LogP contribution is -2.45. The highest BCUT2D eigenvalue weighted by molar-refractivity contribution is 5.80. The van der Waals surface area contributed by atoms with E-state index in [1.807, 2.05) is 0 Å². The molecule has 2 heteroatoms. The third-order valence-corrected chi connectivity index (χ3v) is 6.08. The topological polar surface area (TPSA) is 26.3 Å². The Labute approximate surface area is 143 Å². The smallest absolute Gasteiger partial charge is 0.133 e. The molecular weight excluding hydrogens is 296 g/mol. The van der Waals surface area contributed by atoms with Gasteiger partial charge in [-0.2, -0.15) is 0 Å². The van der Waals surface area contributed by atoms with Crippen LogP contribution in [0.3, 0.4) is 0 Å². The first-order valence-electron chi connectivity index (χ1n) is 8.94. The van der Waals surface area contributed by atoms with Crippen molar-refractivity contribution in [3.05, 3.63) is 65.2 Å². The van der Waals surface area contributed by atoms with Gasteiger partial charge in [0.2, 0.25) is 0 Å². The standard InChI is InChI=1S/C22H24O2/c1-24-20-9-10-21-17(13-20)7-8-18-14-19(23)11-12-22(18,21)15-16-5-3-2-4-6-16/h2-6,9-10,13,18H,7-8,11-12,14-15H2,1H3. The predicted octanol–water partition coefficient (Wildman–Crippen LogP) is 4.49. The van der Waals surface area contributed by atoms with Crippen molar-refractivity contribution < 1.29 is 9.53 Å². The van der Waals surface area contributed by atoms with Gasteiger partial charge in [-0.1, -0.05) is 36.4 Å². The van der Waals surface area contributed by atoms with Crippen molar-refractivity contribution >= 4 is 5.78 Å². The first kappa shape index (κ1) is 15.4. The van der Waals surface area contributed by atoms with Gasteiger partial charge in [0.25, 0.3) is 0 Å². The van der Waals surface area contributed by atoms with E-state index in [0.29, 0.717) is 11.7 Å². The summed E-state index contributed by atoms with van der Waals surface area (Å²) in [6.45, 7) is 0. The summed E-state index contributed by atoms with van der Waals surface area (Å²) in [5, 5.41) is 0. The van der Waals surface area contributed by atoms with Crippen molar-refractivity contribution in [2.75, 3.05) is 7.11 Å². The van der Waals surface area contributed by atoms with Crippen LogP contribution in [0.25, 0.3) is 0 Å². The van der Waals surface area contributed by atoms with Crippen LogP contribution in [0.5, 0.6) is 5.75 Å². The van der Waals surface area contributed by atoms with Gasteiger partial charge in [0.1, 0.15) is 11.5 Å². The fourth-order valence-corrected chi connectivity index (χ4v) is 4.88. The molecule has 1 fully saturated rings. The van der Waals surface area contributed by atoms with Crippen LogP contribution in [-0.4, -0.2) is 12.9 Å². The quantitative estimate of drug-likeness (QED) is 0.833. The number of carbonyl (C=O) groups is 1. The molecule has 0 spiro atoms. The van der Waals surface area contributed by atoms with E-state index in [2.05, 4.69) is 48.5 Å². The molecule has 0 heterocycles. The van der Waals surface area contributed by atoms with Crippen molar-refractivity contribution in [2.45, 2.75) is 43.9 Å². The molecule has 2 aliphatic rings. The molecule has 0 aromatic heterocycles. The minimum absolute atomic E-state index is 0.106. The van der Waals surface area contributed by atoms with E-state index in [1.165, 1.54) is 16.7 Å². The lowest BCUT2D eigenvalue weighted by atomic mass is 9.55. The van der Waals surface area contributed by atoms with Gasteiger partial charge in [-0.05, 0) is 60.4 Å². The van der Waals surface area contributed by atoms with E-state index in [4.69, 9.17) is 4.74 Å². The van der Waals surface area contributed by atoms with E-state index >= 15 is 0 Å².